The third kappa shape index (κ3) is 7.67. The van der Waals surface area contributed by atoms with Crippen molar-refractivity contribution in [2.45, 2.75) is 65.2 Å². The molecular formula is C29H34N2O4. The van der Waals surface area contributed by atoms with Crippen LogP contribution >= 0.6 is 0 Å². The third-order valence-electron chi connectivity index (χ3n) is 5.61. The molecule has 1 heterocycles. The fourth-order valence-electron chi connectivity index (χ4n) is 3.59. The van der Waals surface area contributed by atoms with Crippen LogP contribution in [-0.2, 0) is 33.3 Å². The van der Waals surface area contributed by atoms with Crippen LogP contribution < -0.4 is 16.1 Å². The zero-order valence-corrected chi connectivity index (χ0v) is 21.3. The van der Waals surface area contributed by atoms with Crippen molar-refractivity contribution in [3.05, 3.63) is 93.5 Å². The molecular weight excluding hydrogens is 440 g/mol. The van der Waals surface area contributed by atoms with Crippen molar-refractivity contribution >= 4 is 23.2 Å². The van der Waals surface area contributed by atoms with Crippen molar-refractivity contribution in [2.24, 2.45) is 0 Å². The predicted molar refractivity (Wildman–Crippen MR) is 140 cm³/mol. The smallest absolute Gasteiger partial charge is 0.231 e. The number of hydrogen-bond donors (Lipinski definition) is 2. The molecule has 0 aliphatic rings. The fourth-order valence-corrected chi connectivity index (χ4v) is 3.59. The SMILES string of the molecule is CC(C)(C)c1ccc(NC(=O)Cc2cc(=O)cc(CC(=O)Nc3ccc(C(C)(C)C)cc3)o2)cc1. The summed E-state index contributed by atoms with van der Waals surface area (Å²) < 4.78 is 5.68. The first-order valence-electron chi connectivity index (χ1n) is 11.7. The number of carbonyl (C=O) groups is 2. The molecule has 0 spiro atoms. The zero-order valence-electron chi connectivity index (χ0n) is 21.3. The van der Waals surface area contributed by atoms with E-state index < -0.39 is 0 Å². The minimum absolute atomic E-state index is 0.0224. The highest BCUT2D eigenvalue weighted by Crippen LogP contribution is 2.24. The molecule has 0 radical (unpaired) electrons. The van der Waals surface area contributed by atoms with E-state index in [0.717, 1.165) is 11.1 Å². The molecule has 3 aromatic rings. The van der Waals surface area contributed by atoms with Gasteiger partial charge in [0.2, 0.25) is 11.8 Å². The largest absolute Gasteiger partial charge is 0.465 e. The summed E-state index contributed by atoms with van der Waals surface area (Å²) in [4.78, 5) is 37.1. The van der Waals surface area contributed by atoms with Crippen LogP contribution in [0.3, 0.4) is 0 Å². The van der Waals surface area contributed by atoms with E-state index in [1.807, 2.05) is 48.5 Å². The lowest BCUT2D eigenvalue weighted by Gasteiger charge is -2.19. The van der Waals surface area contributed by atoms with E-state index in [1.165, 1.54) is 12.1 Å². The molecule has 0 fully saturated rings. The quantitative estimate of drug-likeness (QED) is 0.487. The third-order valence-corrected chi connectivity index (χ3v) is 5.61. The molecule has 0 bridgehead atoms. The van der Waals surface area contributed by atoms with Crippen LogP contribution in [0, 0.1) is 0 Å². The molecule has 2 aromatic carbocycles. The Bertz CT molecular complexity index is 1150. The van der Waals surface area contributed by atoms with Crippen molar-refractivity contribution in [1.82, 2.24) is 0 Å². The van der Waals surface area contributed by atoms with E-state index in [1.54, 1.807) is 0 Å². The minimum Gasteiger partial charge on any atom is -0.465 e. The molecule has 0 aliphatic carbocycles. The average Bonchev–Trinajstić information content (AvgIpc) is 2.72. The van der Waals surface area contributed by atoms with Gasteiger partial charge in [-0.2, -0.15) is 0 Å². The number of rotatable bonds is 6. The van der Waals surface area contributed by atoms with Gasteiger partial charge in [0.25, 0.3) is 0 Å². The van der Waals surface area contributed by atoms with Gasteiger partial charge >= 0.3 is 0 Å². The molecule has 1 aromatic heterocycles. The Morgan fingerprint density at radius 2 is 1.00 bits per heavy atom. The Labute approximate surface area is 206 Å². The minimum atomic E-state index is -0.314. The summed E-state index contributed by atoms with van der Waals surface area (Å²) in [5, 5.41) is 5.63. The summed E-state index contributed by atoms with van der Waals surface area (Å²) in [6.45, 7) is 12.7. The van der Waals surface area contributed by atoms with Crippen LogP contribution in [0.25, 0.3) is 0 Å². The fraction of sp³-hybridized carbons (Fsp3) is 0.345. The van der Waals surface area contributed by atoms with E-state index in [4.69, 9.17) is 4.42 Å². The maximum Gasteiger partial charge on any atom is 0.231 e. The lowest BCUT2D eigenvalue weighted by atomic mass is 9.87. The van der Waals surface area contributed by atoms with Crippen LogP contribution in [0.2, 0.25) is 0 Å². The van der Waals surface area contributed by atoms with Gasteiger partial charge in [-0.05, 0) is 46.2 Å². The highest BCUT2D eigenvalue weighted by Gasteiger charge is 2.16. The van der Waals surface area contributed by atoms with Crippen LogP contribution in [0.15, 0.2) is 69.9 Å². The van der Waals surface area contributed by atoms with Gasteiger partial charge in [-0.15, -0.1) is 0 Å². The molecule has 0 saturated heterocycles. The molecule has 0 saturated carbocycles. The molecule has 6 nitrogen and oxygen atoms in total. The molecule has 2 N–H and O–H groups in total. The van der Waals surface area contributed by atoms with Crippen molar-refractivity contribution in [3.8, 4) is 0 Å². The highest BCUT2D eigenvalue weighted by molar-refractivity contribution is 5.92. The second-order valence-electron chi connectivity index (χ2n) is 10.8. The van der Waals surface area contributed by atoms with Crippen LogP contribution in [0.5, 0.6) is 0 Å². The molecule has 6 heteroatoms. The van der Waals surface area contributed by atoms with Gasteiger partial charge in [0.05, 0.1) is 12.8 Å². The number of carbonyl (C=O) groups excluding carboxylic acids is 2. The van der Waals surface area contributed by atoms with Gasteiger partial charge in [0.1, 0.15) is 11.5 Å². The second kappa shape index (κ2) is 10.3. The van der Waals surface area contributed by atoms with E-state index in [-0.39, 0.29) is 52.4 Å². The second-order valence-corrected chi connectivity index (χ2v) is 10.8. The van der Waals surface area contributed by atoms with Crippen LogP contribution in [-0.4, -0.2) is 11.8 Å². The standard InChI is InChI=1S/C29H34N2O4/c1-28(2,3)19-7-11-21(12-8-19)30-26(33)17-24-15-23(32)16-25(35-24)18-27(34)31-22-13-9-20(10-14-22)29(4,5)6/h7-16H,17-18H2,1-6H3,(H,30,33)(H,31,34). The van der Waals surface area contributed by atoms with Crippen LogP contribution in [0.1, 0.15) is 64.2 Å². The Morgan fingerprint density at radius 1 is 0.657 bits per heavy atom. The average molecular weight is 475 g/mol. The first kappa shape index (κ1) is 25.9. The first-order chi connectivity index (χ1) is 16.3. The molecule has 0 aliphatic heterocycles. The summed E-state index contributed by atoms with van der Waals surface area (Å²) in [5.41, 5.74) is 3.39. The Morgan fingerprint density at radius 3 is 1.31 bits per heavy atom. The number of amides is 2. The molecule has 35 heavy (non-hydrogen) atoms. The molecule has 2 amide bonds. The Balaban J connectivity index is 1.61. The first-order valence-corrected chi connectivity index (χ1v) is 11.7. The zero-order chi connectivity index (χ0) is 25.8. The van der Waals surface area contributed by atoms with Gasteiger partial charge in [-0.25, -0.2) is 0 Å². The van der Waals surface area contributed by atoms with E-state index in [0.29, 0.717) is 11.4 Å². The highest BCUT2D eigenvalue weighted by atomic mass is 16.3. The summed E-state index contributed by atoms with van der Waals surface area (Å²) >= 11 is 0. The number of benzene rings is 2. The number of anilines is 2. The van der Waals surface area contributed by atoms with E-state index in [2.05, 4.69) is 52.2 Å². The summed E-state index contributed by atoms with van der Waals surface area (Å²) in [6, 6.07) is 17.9. The molecule has 184 valence electrons. The van der Waals surface area contributed by atoms with Crippen molar-refractivity contribution < 1.29 is 14.0 Å². The van der Waals surface area contributed by atoms with Gasteiger partial charge < -0.3 is 15.1 Å². The van der Waals surface area contributed by atoms with E-state index in [9.17, 15) is 14.4 Å². The summed E-state index contributed by atoms with van der Waals surface area (Å²) in [6.07, 6.45) is -0.222. The van der Waals surface area contributed by atoms with Gasteiger partial charge in [-0.1, -0.05) is 65.8 Å². The topological polar surface area (TPSA) is 88.4 Å². The van der Waals surface area contributed by atoms with Crippen LogP contribution in [0.4, 0.5) is 11.4 Å². The van der Waals surface area contributed by atoms with E-state index >= 15 is 0 Å². The van der Waals surface area contributed by atoms with Crippen molar-refractivity contribution in [2.75, 3.05) is 10.6 Å². The predicted octanol–water partition coefficient (Wildman–Crippen LogP) is 5.60. The Hall–Kier alpha value is -3.67. The number of nitrogens with one attached hydrogen (secondary N) is 2. The summed E-state index contributed by atoms with van der Waals surface area (Å²) in [5.74, 6) is -0.202. The molecule has 3 rings (SSSR count). The number of hydrogen-bond acceptors (Lipinski definition) is 4. The lowest BCUT2D eigenvalue weighted by molar-refractivity contribution is -0.116. The normalized spacial score (nSPS) is 11.7. The maximum absolute atomic E-state index is 12.5. The lowest BCUT2D eigenvalue weighted by Crippen LogP contribution is -2.18. The van der Waals surface area contributed by atoms with Crippen molar-refractivity contribution in [3.63, 3.8) is 0 Å². The van der Waals surface area contributed by atoms with Gasteiger partial charge in [0, 0.05) is 23.5 Å². The van der Waals surface area contributed by atoms with Gasteiger partial charge in [0.15, 0.2) is 5.43 Å². The molecule has 0 unspecified atom stereocenters. The van der Waals surface area contributed by atoms with Gasteiger partial charge in [-0.3, -0.25) is 14.4 Å². The maximum atomic E-state index is 12.5. The monoisotopic (exact) mass is 474 g/mol. The Kier molecular flexibility index (Phi) is 7.64. The summed E-state index contributed by atoms with van der Waals surface area (Å²) in [7, 11) is 0. The van der Waals surface area contributed by atoms with Crippen molar-refractivity contribution in [1.29, 1.82) is 0 Å². The molecule has 0 atom stereocenters.